The average Bonchev–Trinajstić information content (AvgIpc) is 3.31. The minimum Gasteiger partial charge on any atom is -0.497 e. The Bertz CT molecular complexity index is 1650. The average molecular weight is 590 g/mol. The molecular formula is C33H39N3O3S2. The Morgan fingerprint density at radius 1 is 1.22 bits per heavy atom. The van der Waals surface area contributed by atoms with Gasteiger partial charge < -0.3 is 10.1 Å². The number of hydrogen-bond donors (Lipinski definition) is 1. The van der Waals surface area contributed by atoms with Crippen molar-refractivity contribution in [1.82, 2.24) is 9.55 Å². The molecule has 0 spiro atoms. The van der Waals surface area contributed by atoms with Crippen molar-refractivity contribution in [3.8, 4) is 11.4 Å². The van der Waals surface area contributed by atoms with Crippen LogP contribution in [-0.2, 0) is 24.1 Å². The van der Waals surface area contributed by atoms with Crippen molar-refractivity contribution in [2.75, 3.05) is 12.4 Å². The number of carbonyl (C=O) groups excluding carboxylic acids is 1. The summed E-state index contributed by atoms with van der Waals surface area (Å²) in [5, 5.41) is 3.76. The minimum atomic E-state index is -0.484. The molecule has 8 heteroatoms. The SMILES string of the molecule is CCc1ccc(NC(=O)[C@H](C)Sc2nc3sc4c(c3c(=O)n2-c2cc(OC)ccc2C)CC[C@H](C(C)(C)C)C4)cc1. The normalized spacial score (nSPS) is 15.9. The van der Waals surface area contributed by atoms with Crippen molar-refractivity contribution < 1.29 is 9.53 Å². The van der Waals surface area contributed by atoms with Crippen molar-refractivity contribution in [2.45, 2.75) is 77.6 Å². The van der Waals surface area contributed by atoms with Crippen LogP contribution in [0.4, 0.5) is 5.69 Å². The minimum absolute atomic E-state index is 0.0803. The number of anilines is 1. The summed E-state index contributed by atoms with van der Waals surface area (Å²) in [5.74, 6) is 1.09. The van der Waals surface area contributed by atoms with Crippen molar-refractivity contribution in [3.05, 3.63) is 74.4 Å². The van der Waals surface area contributed by atoms with Gasteiger partial charge in [-0.3, -0.25) is 14.2 Å². The first kappa shape index (κ1) is 29.4. The van der Waals surface area contributed by atoms with E-state index < -0.39 is 5.25 Å². The lowest BCUT2D eigenvalue weighted by atomic mass is 9.72. The van der Waals surface area contributed by atoms with Crippen LogP contribution in [0.2, 0.25) is 0 Å². The highest BCUT2D eigenvalue weighted by Gasteiger charge is 2.33. The van der Waals surface area contributed by atoms with Gasteiger partial charge in [-0.15, -0.1) is 11.3 Å². The summed E-state index contributed by atoms with van der Waals surface area (Å²) in [5.41, 5.74) is 4.90. The zero-order valence-corrected chi connectivity index (χ0v) is 26.6. The maximum atomic E-state index is 14.4. The van der Waals surface area contributed by atoms with Crippen LogP contribution in [0.3, 0.4) is 0 Å². The predicted molar refractivity (Wildman–Crippen MR) is 171 cm³/mol. The van der Waals surface area contributed by atoms with Crippen LogP contribution in [0.1, 0.15) is 62.6 Å². The Balaban J connectivity index is 1.58. The number of rotatable bonds is 7. The first-order valence-corrected chi connectivity index (χ1v) is 16.0. The maximum absolute atomic E-state index is 14.4. The Labute approximate surface area is 250 Å². The fraction of sp³-hybridized carbons (Fsp3) is 0.424. The fourth-order valence-electron chi connectivity index (χ4n) is 5.47. The molecule has 0 unspecified atom stereocenters. The number of fused-ring (bicyclic) bond motifs is 3. The maximum Gasteiger partial charge on any atom is 0.267 e. The first-order chi connectivity index (χ1) is 19.5. The summed E-state index contributed by atoms with van der Waals surface area (Å²) < 4.78 is 7.20. The molecule has 1 N–H and O–H groups in total. The molecule has 0 aliphatic heterocycles. The van der Waals surface area contributed by atoms with E-state index in [0.717, 1.165) is 58.4 Å². The van der Waals surface area contributed by atoms with E-state index in [1.165, 1.54) is 22.2 Å². The number of methoxy groups -OCH3 is 1. The molecular weight excluding hydrogens is 551 g/mol. The standard InChI is InChI=1S/C33H39N3O3S2/c1-8-21-10-13-23(14-11-21)34-29(37)20(3)40-32-35-30-28(25-16-12-22(33(4,5)6)17-27(25)41-30)31(38)36(32)26-18-24(39-7)15-9-19(26)2/h9-11,13-15,18,20,22H,8,12,16-17H2,1-7H3,(H,34,37)/t20-,22-/m0/s1. The van der Waals surface area contributed by atoms with Crippen molar-refractivity contribution in [3.63, 3.8) is 0 Å². The van der Waals surface area contributed by atoms with Crippen LogP contribution < -0.4 is 15.6 Å². The van der Waals surface area contributed by atoms with Gasteiger partial charge in [0.05, 0.1) is 23.4 Å². The van der Waals surface area contributed by atoms with Crippen molar-refractivity contribution >= 4 is 44.9 Å². The number of thiophene rings is 1. The second kappa shape index (κ2) is 11.6. The van der Waals surface area contributed by atoms with Crippen LogP contribution in [0.25, 0.3) is 15.9 Å². The molecule has 1 aliphatic rings. The lowest BCUT2D eigenvalue weighted by Crippen LogP contribution is -2.28. The van der Waals surface area contributed by atoms with E-state index in [9.17, 15) is 9.59 Å². The largest absolute Gasteiger partial charge is 0.497 e. The fourth-order valence-corrected chi connectivity index (χ4v) is 7.73. The van der Waals surface area contributed by atoms with E-state index in [-0.39, 0.29) is 16.9 Å². The first-order valence-electron chi connectivity index (χ1n) is 14.3. The molecule has 0 saturated heterocycles. The number of aromatic nitrogens is 2. The summed E-state index contributed by atoms with van der Waals surface area (Å²) in [4.78, 5) is 34.8. The number of benzene rings is 2. The van der Waals surface area contributed by atoms with Gasteiger partial charge in [-0.25, -0.2) is 4.98 Å². The molecule has 2 heterocycles. The van der Waals surface area contributed by atoms with Gasteiger partial charge in [0.1, 0.15) is 10.6 Å². The van der Waals surface area contributed by atoms with Crippen LogP contribution in [0, 0.1) is 18.3 Å². The number of nitrogens with one attached hydrogen (secondary N) is 1. The van der Waals surface area contributed by atoms with Gasteiger partial charge in [-0.05, 0) is 85.8 Å². The van der Waals surface area contributed by atoms with Crippen molar-refractivity contribution in [1.29, 1.82) is 0 Å². The summed E-state index contributed by atoms with van der Waals surface area (Å²) in [6.07, 6.45) is 3.86. The Kier molecular flexibility index (Phi) is 8.35. The molecule has 6 nitrogen and oxygen atoms in total. The molecule has 0 saturated carbocycles. The van der Waals surface area contributed by atoms with Gasteiger partial charge >= 0.3 is 0 Å². The van der Waals surface area contributed by atoms with Gasteiger partial charge in [-0.2, -0.15) is 0 Å². The van der Waals surface area contributed by atoms with Crippen molar-refractivity contribution in [2.24, 2.45) is 11.3 Å². The summed E-state index contributed by atoms with van der Waals surface area (Å²) in [6.45, 7) is 12.8. The van der Waals surface area contributed by atoms with E-state index in [2.05, 4.69) is 33.0 Å². The molecule has 1 amide bonds. The Morgan fingerprint density at radius 3 is 2.61 bits per heavy atom. The molecule has 5 rings (SSSR count). The number of aryl methyl sites for hydroxylation is 3. The van der Waals surface area contributed by atoms with E-state index >= 15 is 0 Å². The van der Waals surface area contributed by atoms with E-state index in [4.69, 9.17) is 9.72 Å². The molecule has 216 valence electrons. The molecule has 4 aromatic rings. The van der Waals surface area contributed by atoms with Gasteiger partial charge in [0.2, 0.25) is 5.91 Å². The predicted octanol–water partition coefficient (Wildman–Crippen LogP) is 7.60. The number of amides is 1. The highest BCUT2D eigenvalue weighted by atomic mass is 32.2. The van der Waals surface area contributed by atoms with Crippen LogP contribution in [0.15, 0.2) is 52.4 Å². The van der Waals surface area contributed by atoms with E-state index in [1.807, 2.05) is 56.3 Å². The summed E-state index contributed by atoms with van der Waals surface area (Å²) in [6, 6.07) is 13.6. The summed E-state index contributed by atoms with van der Waals surface area (Å²) in [7, 11) is 1.62. The topological polar surface area (TPSA) is 73.2 Å². The molecule has 2 aromatic heterocycles. The highest BCUT2D eigenvalue weighted by molar-refractivity contribution is 8.00. The van der Waals surface area contributed by atoms with Gasteiger partial charge in [0.25, 0.3) is 5.56 Å². The number of thioether (sulfide) groups is 1. The molecule has 1 aliphatic carbocycles. The molecule has 0 radical (unpaired) electrons. The van der Waals surface area contributed by atoms with Gasteiger partial charge in [0, 0.05) is 16.6 Å². The van der Waals surface area contributed by atoms with Crippen LogP contribution in [0.5, 0.6) is 5.75 Å². The van der Waals surface area contributed by atoms with E-state index in [1.54, 1.807) is 23.0 Å². The van der Waals surface area contributed by atoms with Gasteiger partial charge in [-0.1, -0.05) is 57.7 Å². The lowest BCUT2D eigenvalue weighted by Gasteiger charge is -2.33. The molecule has 41 heavy (non-hydrogen) atoms. The number of hydrogen-bond acceptors (Lipinski definition) is 6. The zero-order chi connectivity index (χ0) is 29.5. The smallest absolute Gasteiger partial charge is 0.267 e. The number of nitrogens with zero attached hydrogens (tertiary/aromatic N) is 2. The zero-order valence-electron chi connectivity index (χ0n) is 25.0. The van der Waals surface area contributed by atoms with Crippen LogP contribution >= 0.6 is 23.1 Å². The monoisotopic (exact) mass is 589 g/mol. The third-order valence-electron chi connectivity index (χ3n) is 8.22. The number of ether oxygens (including phenoxy) is 1. The molecule has 0 bridgehead atoms. The lowest BCUT2D eigenvalue weighted by molar-refractivity contribution is -0.115. The number of carbonyl (C=O) groups is 1. The van der Waals surface area contributed by atoms with Gasteiger partial charge in [0.15, 0.2) is 5.16 Å². The molecule has 2 aromatic carbocycles. The van der Waals surface area contributed by atoms with E-state index in [0.29, 0.717) is 16.8 Å². The summed E-state index contributed by atoms with van der Waals surface area (Å²) >= 11 is 2.95. The molecule has 2 atom stereocenters. The second-order valence-corrected chi connectivity index (χ2v) is 14.4. The second-order valence-electron chi connectivity index (χ2n) is 12.0. The van der Waals surface area contributed by atoms with Crippen LogP contribution in [-0.4, -0.2) is 27.8 Å². The Morgan fingerprint density at radius 2 is 1.95 bits per heavy atom. The molecule has 0 fully saturated rings. The highest BCUT2D eigenvalue weighted by Crippen LogP contribution is 2.43. The third-order valence-corrected chi connectivity index (χ3v) is 10.4. The third kappa shape index (κ3) is 5.95. The Hall–Kier alpha value is -3.10. The quantitative estimate of drug-likeness (QED) is 0.178.